The van der Waals surface area contributed by atoms with Gasteiger partial charge in [0.15, 0.2) is 11.5 Å². The van der Waals surface area contributed by atoms with Crippen LogP contribution >= 0.6 is 11.6 Å². The summed E-state index contributed by atoms with van der Waals surface area (Å²) < 4.78 is 29.1. The number of fused-ring (bicyclic) bond motifs is 1. The number of allylic oxidation sites excluding steroid dienone is 1. The van der Waals surface area contributed by atoms with E-state index < -0.39 is 36.9 Å². The minimum absolute atomic E-state index is 0.130. The average molecular weight is 540 g/mol. The Morgan fingerprint density at radius 3 is 2.53 bits per heavy atom. The molecule has 9 nitrogen and oxygen atoms in total. The molecule has 38 heavy (non-hydrogen) atoms. The second-order valence-corrected chi connectivity index (χ2v) is 9.37. The predicted molar refractivity (Wildman–Crippen MR) is 136 cm³/mol. The highest BCUT2D eigenvalue weighted by Crippen LogP contribution is 2.35. The Morgan fingerprint density at radius 1 is 1.08 bits per heavy atom. The molecular formula is C28H26ClNO8. The van der Waals surface area contributed by atoms with E-state index in [1.807, 2.05) is 0 Å². The molecule has 0 spiro atoms. The molecule has 3 aromatic rings. The van der Waals surface area contributed by atoms with E-state index in [9.17, 15) is 14.7 Å². The number of carbonyl (C=O) groups excluding carboxylic acids is 2. The summed E-state index contributed by atoms with van der Waals surface area (Å²) in [7, 11) is 0. The number of aliphatic hydroxyl groups is 1. The number of rotatable bonds is 7. The van der Waals surface area contributed by atoms with Crippen molar-refractivity contribution in [3.8, 4) is 5.75 Å². The van der Waals surface area contributed by atoms with E-state index >= 15 is 0 Å². The molecule has 6 atom stereocenters. The first-order valence-corrected chi connectivity index (χ1v) is 12.4. The second kappa shape index (κ2) is 11.5. The van der Waals surface area contributed by atoms with Gasteiger partial charge in [0.25, 0.3) is 0 Å². The van der Waals surface area contributed by atoms with Crippen LogP contribution in [-0.2, 0) is 19.0 Å². The number of amides is 1. The first-order chi connectivity index (χ1) is 18.4. The van der Waals surface area contributed by atoms with Crippen molar-refractivity contribution in [3.63, 3.8) is 0 Å². The zero-order valence-corrected chi connectivity index (χ0v) is 21.1. The van der Waals surface area contributed by atoms with Gasteiger partial charge in [0.05, 0.1) is 12.9 Å². The maximum absolute atomic E-state index is 12.4. The Balaban J connectivity index is 1.25. The average Bonchev–Trinajstić information content (AvgIpc) is 3.46. The van der Waals surface area contributed by atoms with Crippen molar-refractivity contribution in [3.05, 3.63) is 94.9 Å². The lowest BCUT2D eigenvalue weighted by molar-refractivity contribution is -0.336. The zero-order valence-electron chi connectivity index (χ0n) is 20.4. The third-order valence-electron chi connectivity index (χ3n) is 6.20. The first kappa shape index (κ1) is 26.1. The number of hydrogen-bond acceptors (Lipinski definition) is 8. The van der Waals surface area contributed by atoms with Crippen molar-refractivity contribution >= 4 is 29.4 Å². The van der Waals surface area contributed by atoms with E-state index in [1.165, 1.54) is 19.3 Å². The van der Waals surface area contributed by atoms with Crippen LogP contribution in [0.15, 0.2) is 77.4 Å². The number of aliphatic hydroxyl groups excluding tert-OH is 1. The van der Waals surface area contributed by atoms with Crippen molar-refractivity contribution < 1.29 is 38.1 Å². The van der Waals surface area contributed by atoms with Crippen LogP contribution in [0.1, 0.15) is 34.9 Å². The van der Waals surface area contributed by atoms with E-state index in [4.69, 9.17) is 35.0 Å². The number of halogens is 1. The summed E-state index contributed by atoms with van der Waals surface area (Å²) in [6.07, 6.45) is 0.329. The third-order valence-corrected chi connectivity index (χ3v) is 6.45. The van der Waals surface area contributed by atoms with Crippen molar-refractivity contribution in [2.24, 2.45) is 0 Å². The SMILES string of the molecule is CC(=O)NC1C(Oc2ccc(/C=C/C(=O)c3ccc(Cl)cc3)cc2)OC2COC(c3ccco3)OC2C1O. The summed E-state index contributed by atoms with van der Waals surface area (Å²) in [5, 5.41) is 14.4. The highest BCUT2D eigenvalue weighted by atomic mass is 35.5. The van der Waals surface area contributed by atoms with Crippen LogP contribution in [0.25, 0.3) is 6.08 Å². The molecule has 6 unspecified atom stereocenters. The highest BCUT2D eigenvalue weighted by molar-refractivity contribution is 6.30. The van der Waals surface area contributed by atoms with Gasteiger partial charge in [-0.1, -0.05) is 29.8 Å². The van der Waals surface area contributed by atoms with Crippen molar-refractivity contribution in [1.29, 1.82) is 0 Å². The van der Waals surface area contributed by atoms with Gasteiger partial charge in [-0.25, -0.2) is 0 Å². The van der Waals surface area contributed by atoms with Crippen LogP contribution in [-0.4, -0.2) is 54.0 Å². The monoisotopic (exact) mass is 539 g/mol. The van der Waals surface area contributed by atoms with Gasteiger partial charge in [0, 0.05) is 17.5 Å². The summed E-state index contributed by atoms with van der Waals surface area (Å²) in [6.45, 7) is 1.48. The molecule has 0 radical (unpaired) electrons. The molecule has 2 N–H and O–H groups in total. The van der Waals surface area contributed by atoms with Crippen LogP contribution < -0.4 is 10.1 Å². The van der Waals surface area contributed by atoms with E-state index in [-0.39, 0.29) is 18.3 Å². The third kappa shape index (κ3) is 5.98. The number of ether oxygens (including phenoxy) is 4. The van der Waals surface area contributed by atoms with Crippen molar-refractivity contribution in [2.45, 2.75) is 43.9 Å². The fraction of sp³-hybridized carbons (Fsp3) is 0.286. The molecule has 1 aromatic heterocycles. The smallest absolute Gasteiger partial charge is 0.223 e. The minimum Gasteiger partial charge on any atom is -0.464 e. The summed E-state index contributed by atoms with van der Waals surface area (Å²) in [5.41, 5.74) is 1.31. The summed E-state index contributed by atoms with van der Waals surface area (Å²) in [4.78, 5) is 24.3. The molecule has 2 saturated heterocycles. The molecule has 5 rings (SSSR count). The lowest BCUT2D eigenvalue weighted by Crippen LogP contribution is -2.67. The molecule has 10 heteroatoms. The van der Waals surface area contributed by atoms with Gasteiger partial charge in [-0.15, -0.1) is 0 Å². The van der Waals surface area contributed by atoms with E-state index in [2.05, 4.69) is 5.32 Å². The molecule has 2 aliphatic rings. The molecule has 0 aliphatic carbocycles. The normalized spacial score (nSPS) is 27.0. The largest absolute Gasteiger partial charge is 0.464 e. The fourth-order valence-corrected chi connectivity index (χ4v) is 4.45. The Kier molecular flexibility index (Phi) is 7.92. The number of hydrogen-bond donors (Lipinski definition) is 2. The number of carbonyl (C=O) groups is 2. The van der Waals surface area contributed by atoms with Crippen LogP contribution in [0.5, 0.6) is 5.75 Å². The maximum Gasteiger partial charge on any atom is 0.223 e. The second-order valence-electron chi connectivity index (χ2n) is 8.93. The molecule has 2 aromatic carbocycles. The molecule has 2 fully saturated rings. The molecular weight excluding hydrogens is 514 g/mol. The van der Waals surface area contributed by atoms with E-state index in [0.717, 1.165) is 5.56 Å². The topological polar surface area (TPSA) is 116 Å². The van der Waals surface area contributed by atoms with Crippen LogP contribution in [0.3, 0.4) is 0 Å². The summed E-state index contributed by atoms with van der Waals surface area (Å²) in [5.74, 6) is 0.410. The number of benzene rings is 2. The van der Waals surface area contributed by atoms with Crippen molar-refractivity contribution in [1.82, 2.24) is 5.32 Å². The van der Waals surface area contributed by atoms with Gasteiger partial charge < -0.3 is 33.8 Å². The fourth-order valence-electron chi connectivity index (χ4n) is 4.32. The highest BCUT2D eigenvalue weighted by Gasteiger charge is 2.51. The van der Waals surface area contributed by atoms with Crippen LogP contribution in [0.4, 0.5) is 0 Å². The Hall–Kier alpha value is -3.47. The van der Waals surface area contributed by atoms with Crippen molar-refractivity contribution in [2.75, 3.05) is 6.61 Å². The Labute approximate surface area is 223 Å². The van der Waals surface area contributed by atoms with Gasteiger partial charge in [-0.2, -0.15) is 0 Å². The molecule has 2 aliphatic heterocycles. The van der Waals surface area contributed by atoms with Crippen LogP contribution in [0.2, 0.25) is 5.02 Å². The van der Waals surface area contributed by atoms with Crippen LogP contribution in [0, 0.1) is 0 Å². The van der Waals surface area contributed by atoms with Gasteiger partial charge in [-0.3, -0.25) is 9.59 Å². The molecule has 3 heterocycles. The molecule has 198 valence electrons. The Bertz CT molecular complexity index is 1280. The van der Waals surface area contributed by atoms with Gasteiger partial charge in [-0.05, 0) is 60.2 Å². The maximum atomic E-state index is 12.4. The lowest BCUT2D eigenvalue weighted by atomic mass is 9.96. The number of nitrogens with one attached hydrogen (secondary N) is 1. The van der Waals surface area contributed by atoms with Gasteiger partial charge >= 0.3 is 0 Å². The summed E-state index contributed by atoms with van der Waals surface area (Å²) in [6, 6.07) is 16.2. The van der Waals surface area contributed by atoms with Gasteiger partial charge in [0.2, 0.25) is 18.5 Å². The predicted octanol–water partition coefficient (Wildman–Crippen LogP) is 3.91. The number of furan rings is 1. The lowest BCUT2D eigenvalue weighted by Gasteiger charge is -2.47. The zero-order chi connectivity index (χ0) is 26.6. The molecule has 0 saturated carbocycles. The van der Waals surface area contributed by atoms with Gasteiger partial charge in [0.1, 0.15) is 30.1 Å². The molecule has 0 bridgehead atoms. The minimum atomic E-state index is -1.13. The summed E-state index contributed by atoms with van der Waals surface area (Å²) >= 11 is 5.87. The quantitative estimate of drug-likeness (QED) is 0.343. The standard InChI is InChI=1S/C28H26ClNO8/c1-16(31)30-24-25(33)26-23(15-35-27(38-26)22-3-2-14-34-22)37-28(24)36-20-11-4-17(5-12-20)6-13-21(32)18-7-9-19(29)10-8-18/h2-14,23-28,33H,15H2,1H3,(H,30,31)/b13-6+. The number of ketones is 1. The van der Waals surface area contributed by atoms with E-state index in [1.54, 1.807) is 66.7 Å². The van der Waals surface area contributed by atoms with E-state index in [0.29, 0.717) is 22.1 Å². The first-order valence-electron chi connectivity index (χ1n) is 12.0. The Morgan fingerprint density at radius 2 is 1.84 bits per heavy atom. The molecule has 1 amide bonds.